The maximum absolute atomic E-state index is 13.0. The highest BCUT2D eigenvalue weighted by atomic mass is 32.2. The van der Waals surface area contributed by atoms with E-state index in [0.29, 0.717) is 0 Å². The van der Waals surface area contributed by atoms with Crippen LogP contribution in [0.5, 0.6) is 0 Å². The lowest BCUT2D eigenvalue weighted by atomic mass is 10.3. The Bertz CT molecular complexity index is 1240. The van der Waals surface area contributed by atoms with Gasteiger partial charge in [-0.1, -0.05) is 6.92 Å². The zero-order chi connectivity index (χ0) is 22.3. The second-order valence-electron chi connectivity index (χ2n) is 6.21. The van der Waals surface area contributed by atoms with Crippen molar-refractivity contribution in [3.05, 3.63) is 30.1 Å². The molecule has 8 nitrogen and oxygen atoms in total. The first kappa shape index (κ1) is 22.0. The van der Waals surface area contributed by atoms with Gasteiger partial charge in [0, 0.05) is 25.9 Å². The van der Waals surface area contributed by atoms with E-state index >= 15 is 0 Å². The van der Waals surface area contributed by atoms with E-state index in [9.17, 15) is 26.4 Å². The number of fused-ring (bicyclic) bond motifs is 1. The molecule has 0 aromatic carbocycles. The summed E-state index contributed by atoms with van der Waals surface area (Å²) in [5, 5.41) is 0.288. The molecule has 0 radical (unpaired) electrons. The van der Waals surface area contributed by atoms with Crippen LogP contribution in [0.25, 0.3) is 22.6 Å². The number of imidazole rings is 1. The highest BCUT2D eigenvalue weighted by molar-refractivity contribution is 7.97. The Morgan fingerprint density at radius 3 is 2.57 bits per heavy atom. The van der Waals surface area contributed by atoms with E-state index in [1.165, 1.54) is 37.6 Å². The van der Waals surface area contributed by atoms with Crippen LogP contribution in [0.3, 0.4) is 0 Å². The third-order valence-corrected chi connectivity index (χ3v) is 6.70. The van der Waals surface area contributed by atoms with Crippen LogP contribution in [0.1, 0.15) is 19.5 Å². The van der Waals surface area contributed by atoms with Gasteiger partial charge in [0.2, 0.25) is 5.91 Å². The van der Waals surface area contributed by atoms with Crippen molar-refractivity contribution in [2.75, 3.05) is 5.75 Å². The summed E-state index contributed by atoms with van der Waals surface area (Å²) in [6.07, 6.45) is -3.62. The minimum absolute atomic E-state index is 0.00334. The van der Waals surface area contributed by atoms with Gasteiger partial charge in [-0.05, 0) is 18.2 Å². The van der Waals surface area contributed by atoms with Gasteiger partial charge in [-0.2, -0.15) is 13.2 Å². The standard InChI is InChI=1S/C17H16F3N5O3S2/c1-4-30(27,28)12-5-6-14(29-24-9(2)26)23-15(12)16-22-10-7-13(17(18,19)20)21-8-11(10)25(16)3/h5-8H,4H2,1-3H3,(H,24,26). The molecule has 0 unspecified atom stereocenters. The van der Waals surface area contributed by atoms with Crippen LogP contribution in [-0.4, -0.2) is 39.6 Å². The number of carbonyl (C=O) groups excluding carboxylic acids is 1. The number of hydrogen-bond donors (Lipinski definition) is 1. The minimum Gasteiger partial charge on any atom is -0.324 e. The summed E-state index contributed by atoms with van der Waals surface area (Å²) >= 11 is 0.879. The van der Waals surface area contributed by atoms with Gasteiger partial charge in [-0.25, -0.2) is 23.4 Å². The van der Waals surface area contributed by atoms with Crippen molar-refractivity contribution >= 4 is 38.7 Å². The summed E-state index contributed by atoms with van der Waals surface area (Å²) in [7, 11) is -2.19. The molecule has 0 aliphatic carbocycles. The fourth-order valence-electron chi connectivity index (χ4n) is 2.63. The van der Waals surface area contributed by atoms with Crippen molar-refractivity contribution in [3.63, 3.8) is 0 Å². The van der Waals surface area contributed by atoms with Crippen molar-refractivity contribution in [3.8, 4) is 11.5 Å². The lowest BCUT2D eigenvalue weighted by Crippen LogP contribution is -2.12. The molecule has 0 aliphatic heterocycles. The maximum atomic E-state index is 13.0. The van der Waals surface area contributed by atoms with Gasteiger partial charge in [0.1, 0.15) is 16.4 Å². The van der Waals surface area contributed by atoms with Gasteiger partial charge in [0.25, 0.3) is 0 Å². The van der Waals surface area contributed by atoms with Gasteiger partial charge >= 0.3 is 6.18 Å². The summed E-state index contributed by atoms with van der Waals surface area (Å²) in [6.45, 7) is 2.77. The van der Waals surface area contributed by atoms with Gasteiger partial charge in [0.15, 0.2) is 15.7 Å². The van der Waals surface area contributed by atoms with Gasteiger partial charge in [0.05, 0.1) is 27.9 Å². The molecule has 3 aromatic rings. The molecule has 1 N–H and O–H groups in total. The zero-order valence-corrected chi connectivity index (χ0v) is 17.6. The summed E-state index contributed by atoms with van der Waals surface area (Å²) in [5.41, 5.74) is -0.862. The number of rotatable bonds is 5. The van der Waals surface area contributed by atoms with Crippen LogP contribution in [-0.2, 0) is 27.9 Å². The molecule has 0 bridgehead atoms. The number of carbonyl (C=O) groups is 1. The molecular weight excluding hydrogens is 443 g/mol. The molecule has 0 atom stereocenters. The molecule has 0 aliphatic rings. The van der Waals surface area contributed by atoms with Gasteiger partial charge in [-0.15, -0.1) is 0 Å². The first-order valence-corrected chi connectivity index (χ1v) is 11.0. The monoisotopic (exact) mass is 459 g/mol. The number of sulfone groups is 1. The number of pyridine rings is 2. The van der Waals surface area contributed by atoms with E-state index in [1.54, 1.807) is 0 Å². The van der Waals surface area contributed by atoms with E-state index in [-0.39, 0.29) is 44.1 Å². The lowest BCUT2D eigenvalue weighted by Gasteiger charge is -2.11. The van der Waals surface area contributed by atoms with E-state index in [2.05, 4.69) is 19.7 Å². The highest BCUT2D eigenvalue weighted by Gasteiger charge is 2.33. The fraction of sp³-hybridized carbons (Fsp3) is 0.294. The Hall–Kier alpha value is -2.67. The van der Waals surface area contributed by atoms with Crippen LogP contribution in [0.4, 0.5) is 13.2 Å². The van der Waals surface area contributed by atoms with Crippen LogP contribution >= 0.6 is 11.9 Å². The molecule has 0 spiro atoms. The molecule has 30 heavy (non-hydrogen) atoms. The summed E-state index contributed by atoms with van der Waals surface area (Å²) in [5.74, 6) is -0.477. The predicted octanol–water partition coefficient (Wildman–Crippen LogP) is 2.99. The normalized spacial score (nSPS) is 12.3. The number of halogens is 3. The molecule has 3 heterocycles. The third kappa shape index (κ3) is 4.26. The molecule has 3 aromatic heterocycles. The second-order valence-corrected chi connectivity index (χ2v) is 9.28. The van der Waals surface area contributed by atoms with Crippen molar-refractivity contribution in [2.45, 2.75) is 29.9 Å². The van der Waals surface area contributed by atoms with Gasteiger partial charge < -0.3 is 4.57 Å². The fourth-order valence-corrected chi connectivity index (χ4v) is 4.17. The van der Waals surface area contributed by atoms with Crippen molar-refractivity contribution in [2.24, 2.45) is 7.05 Å². The SMILES string of the molecule is CCS(=O)(=O)c1ccc(SNC(C)=O)nc1-c1nc2cc(C(F)(F)F)ncc2n1C. The Balaban J connectivity index is 2.23. The topological polar surface area (TPSA) is 107 Å². The van der Waals surface area contributed by atoms with Crippen LogP contribution in [0.15, 0.2) is 34.3 Å². The molecule has 1 amide bonds. The molecule has 3 rings (SSSR count). The second kappa shape index (κ2) is 7.87. The quantitative estimate of drug-likeness (QED) is 0.585. The number of nitrogens with zero attached hydrogens (tertiary/aromatic N) is 4. The molecule has 0 saturated heterocycles. The summed E-state index contributed by atoms with van der Waals surface area (Å²) in [4.78, 5) is 23.0. The van der Waals surface area contributed by atoms with Crippen molar-refractivity contribution < 1.29 is 26.4 Å². The number of aryl methyl sites for hydroxylation is 1. The molecule has 160 valence electrons. The Kier molecular flexibility index (Phi) is 5.78. The lowest BCUT2D eigenvalue weighted by molar-refractivity contribution is -0.141. The number of aromatic nitrogens is 4. The third-order valence-electron chi connectivity index (χ3n) is 4.12. The van der Waals surface area contributed by atoms with Crippen molar-refractivity contribution in [1.82, 2.24) is 24.2 Å². The average molecular weight is 459 g/mol. The minimum atomic E-state index is -4.64. The highest BCUT2D eigenvalue weighted by Crippen LogP contribution is 2.33. The number of alkyl halides is 3. The van der Waals surface area contributed by atoms with E-state index in [1.807, 2.05) is 0 Å². The largest absolute Gasteiger partial charge is 0.433 e. The van der Waals surface area contributed by atoms with E-state index < -0.39 is 21.7 Å². The first-order valence-electron chi connectivity index (χ1n) is 8.51. The molecule has 0 saturated carbocycles. The molecule has 0 fully saturated rings. The van der Waals surface area contributed by atoms with Gasteiger partial charge in [-0.3, -0.25) is 9.52 Å². The smallest absolute Gasteiger partial charge is 0.324 e. The van der Waals surface area contributed by atoms with Crippen LogP contribution in [0, 0.1) is 0 Å². The average Bonchev–Trinajstić information content (AvgIpc) is 3.01. The molecular formula is C17H16F3N5O3S2. The van der Waals surface area contributed by atoms with Crippen LogP contribution < -0.4 is 4.72 Å². The number of nitrogens with one attached hydrogen (secondary N) is 1. The zero-order valence-electron chi connectivity index (χ0n) is 16.0. The van der Waals surface area contributed by atoms with E-state index in [4.69, 9.17) is 0 Å². The number of amides is 1. The molecule has 13 heteroatoms. The predicted molar refractivity (Wildman–Crippen MR) is 104 cm³/mol. The summed E-state index contributed by atoms with van der Waals surface area (Å²) < 4.78 is 68.0. The summed E-state index contributed by atoms with van der Waals surface area (Å²) in [6, 6.07) is 3.56. The van der Waals surface area contributed by atoms with E-state index in [0.717, 1.165) is 24.2 Å². The Morgan fingerprint density at radius 1 is 1.27 bits per heavy atom. The number of hydrogen-bond acceptors (Lipinski definition) is 7. The Morgan fingerprint density at radius 2 is 1.97 bits per heavy atom. The van der Waals surface area contributed by atoms with Crippen molar-refractivity contribution in [1.29, 1.82) is 0 Å². The Labute approximate surface area is 174 Å². The maximum Gasteiger partial charge on any atom is 0.433 e. The first-order chi connectivity index (χ1) is 13.9. The van der Waals surface area contributed by atoms with Crippen LogP contribution in [0.2, 0.25) is 0 Å².